The molecule has 0 radical (unpaired) electrons. The lowest BCUT2D eigenvalue weighted by Crippen LogP contribution is -2.36. The van der Waals surface area contributed by atoms with Crippen molar-refractivity contribution in [1.29, 1.82) is 0 Å². The van der Waals surface area contributed by atoms with E-state index in [1.165, 1.54) is 11.6 Å². The molecular weight excluding hydrogens is 381 g/mol. The number of morpholine rings is 1. The van der Waals surface area contributed by atoms with Crippen LogP contribution in [-0.4, -0.2) is 56.7 Å². The van der Waals surface area contributed by atoms with Gasteiger partial charge in [-0.1, -0.05) is 30.3 Å². The van der Waals surface area contributed by atoms with E-state index in [1.807, 2.05) is 11.0 Å². The Morgan fingerprint density at radius 2 is 1.80 bits per heavy atom. The lowest BCUT2D eigenvalue weighted by molar-refractivity contribution is -0.118. The molecule has 30 heavy (non-hydrogen) atoms. The molecule has 2 saturated heterocycles. The largest absolute Gasteiger partial charge is 0.378 e. The minimum absolute atomic E-state index is 0.0335. The molecule has 2 aromatic rings. The zero-order valence-corrected chi connectivity index (χ0v) is 17.1. The van der Waals surface area contributed by atoms with Gasteiger partial charge in [-0.3, -0.25) is 4.79 Å². The van der Waals surface area contributed by atoms with Crippen LogP contribution in [0.3, 0.4) is 0 Å². The number of likely N-dealkylation sites (tertiary alicyclic amines) is 1. The summed E-state index contributed by atoms with van der Waals surface area (Å²) in [6.07, 6.45) is 1.05. The van der Waals surface area contributed by atoms with Gasteiger partial charge in [-0.15, -0.1) is 0 Å². The number of ether oxygens (including phenoxy) is 1. The third-order valence-electron chi connectivity index (χ3n) is 6.70. The van der Waals surface area contributed by atoms with Crippen molar-refractivity contribution >= 4 is 17.3 Å². The van der Waals surface area contributed by atoms with Gasteiger partial charge in [0.2, 0.25) is 5.91 Å². The molecule has 6 heteroatoms. The highest BCUT2D eigenvalue weighted by molar-refractivity contribution is 5.95. The number of nitrogens with one attached hydrogen (secondary N) is 1. The van der Waals surface area contributed by atoms with Crippen LogP contribution in [0.5, 0.6) is 0 Å². The van der Waals surface area contributed by atoms with E-state index >= 15 is 0 Å². The van der Waals surface area contributed by atoms with E-state index < -0.39 is 0 Å². The van der Waals surface area contributed by atoms with Crippen LogP contribution in [0.4, 0.5) is 15.8 Å². The van der Waals surface area contributed by atoms with Gasteiger partial charge in [0.1, 0.15) is 5.82 Å². The normalized spacial score (nSPS) is 25.8. The van der Waals surface area contributed by atoms with E-state index in [1.54, 1.807) is 12.1 Å². The topological polar surface area (TPSA) is 44.8 Å². The fourth-order valence-corrected chi connectivity index (χ4v) is 4.99. The summed E-state index contributed by atoms with van der Waals surface area (Å²) in [4.78, 5) is 17.1. The van der Waals surface area contributed by atoms with Crippen LogP contribution in [-0.2, 0) is 16.0 Å². The minimum atomic E-state index is -0.294. The Bertz CT molecular complexity index is 889. The minimum Gasteiger partial charge on any atom is -0.378 e. The molecule has 2 unspecified atom stereocenters. The summed E-state index contributed by atoms with van der Waals surface area (Å²) in [6, 6.07) is 15.5. The average molecular weight is 410 g/mol. The maximum absolute atomic E-state index is 14.6. The molecule has 0 spiro atoms. The first-order valence-electron chi connectivity index (χ1n) is 10.9. The first-order chi connectivity index (χ1) is 14.7. The van der Waals surface area contributed by atoms with Crippen LogP contribution in [0.2, 0.25) is 0 Å². The first-order valence-corrected chi connectivity index (χ1v) is 10.9. The van der Waals surface area contributed by atoms with Crippen molar-refractivity contribution in [3.8, 4) is 0 Å². The third kappa shape index (κ3) is 4.07. The molecule has 1 N–H and O–H groups in total. The Morgan fingerprint density at radius 1 is 1.07 bits per heavy atom. The van der Waals surface area contributed by atoms with E-state index in [-0.39, 0.29) is 17.6 Å². The van der Waals surface area contributed by atoms with Crippen LogP contribution >= 0.6 is 0 Å². The molecule has 1 aliphatic carbocycles. The van der Waals surface area contributed by atoms with E-state index in [0.29, 0.717) is 49.5 Å². The number of amides is 1. The highest BCUT2D eigenvalue weighted by Crippen LogP contribution is 2.52. The molecule has 5 nitrogen and oxygen atoms in total. The second-order valence-corrected chi connectivity index (χ2v) is 8.60. The lowest BCUT2D eigenvalue weighted by atomic mass is 10.1. The standard InChI is InChI=1S/C24H28FN3O2/c25-21-14-18(6-7-22(21)28-10-12-30-13-11-28)26-24(29)23-19-15-27(16-20(19)23)9-8-17-4-2-1-3-5-17/h1-7,14,19-20,23H,8-13,15-16H2,(H,26,29). The molecule has 158 valence electrons. The van der Waals surface area contributed by atoms with Crippen LogP contribution in [0.1, 0.15) is 5.56 Å². The van der Waals surface area contributed by atoms with E-state index in [9.17, 15) is 9.18 Å². The SMILES string of the molecule is O=C(Nc1ccc(N2CCOCC2)c(F)c1)C1C2CN(CCc3ccccc3)CC21. The Hall–Kier alpha value is -2.44. The molecular formula is C24H28FN3O2. The van der Waals surface area contributed by atoms with Gasteiger partial charge in [0.05, 0.1) is 18.9 Å². The summed E-state index contributed by atoms with van der Waals surface area (Å²) in [7, 11) is 0. The molecule has 1 saturated carbocycles. The van der Waals surface area contributed by atoms with Gasteiger partial charge < -0.3 is 19.9 Å². The molecule has 0 bridgehead atoms. The number of nitrogens with zero attached hydrogens (tertiary/aromatic N) is 2. The zero-order valence-electron chi connectivity index (χ0n) is 17.1. The first kappa shape index (κ1) is 19.5. The number of halogens is 1. The smallest absolute Gasteiger partial charge is 0.228 e. The number of benzene rings is 2. The average Bonchev–Trinajstić information content (AvgIpc) is 3.28. The number of rotatable bonds is 6. The van der Waals surface area contributed by atoms with Gasteiger partial charge in [0.25, 0.3) is 0 Å². The second kappa shape index (κ2) is 8.36. The molecule has 2 aliphatic heterocycles. The number of fused-ring (bicyclic) bond motifs is 1. The van der Waals surface area contributed by atoms with E-state index in [0.717, 1.165) is 26.1 Å². The van der Waals surface area contributed by atoms with Crippen LogP contribution in [0, 0.1) is 23.6 Å². The quantitative estimate of drug-likeness (QED) is 0.797. The summed E-state index contributed by atoms with van der Waals surface area (Å²) in [5, 5.41) is 2.94. The second-order valence-electron chi connectivity index (χ2n) is 8.60. The monoisotopic (exact) mass is 409 g/mol. The maximum Gasteiger partial charge on any atom is 0.228 e. The van der Waals surface area contributed by atoms with Crippen molar-refractivity contribution in [2.24, 2.45) is 17.8 Å². The number of hydrogen-bond acceptors (Lipinski definition) is 4. The third-order valence-corrected chi connectivity index (χ3v) is 6.70. The van der Waals surface area contributed by atoms with Gasteiger partial charge in [-0.25, -0.2) is 4.39 Å². The number of carbonyl (C=O) groups is 1. The Morgan fingerprint density at radius 3 is 2.50 bits per heavy atom. The number of carbonyl (C=O) groups excluding carboxylic acids is 1. The lowest BCUT2D eigenvalue weighted by Gasteiger charge is -2.29. The summed E-state index contributed by atoms with van der Waals surface area (Å²) in [5.41, 5.74) is 2.48. The molecule has 5 rings (SSSR count). The van der Waals surface area contributed by atoms with Crippen molar-refractivity contribution in [1.82, 2.24) is 4.90 Å². The maximum atomic E-state index is 14.6. The fraction of sp³-hybridized carbons (Fsp3) is 0.458. The molecule has 3 fully saturated rings. The summed E-state index contributed by atoms with van der Waals surface area (Å²) in [5.74, 6) is 0.695. The van der Waals surface area contributed by atoms with Crippen molar-refractivity contribution in [2.45, 2.75) is 6.42 Å². The van der Waals surface area contributed by atoms with Crippen LogP contribution < -0.4 is 10.2 Å². The summed E-state index contributed by atoms with van der Waals surface area (Å²) in [6.45, 7) is 5.62. The van der Waals surface area contributed by atoms with Crippen LogP contribution in [0.15, 0.2) is 48.5 Å². The molecule has 3 aliphatic rings. The number of piperidine rings is 1. The molecule has 1 amide bonds. The van der Waals surface area contributed by atoms with E-state index in [2.05, 4.69) is 34.5 Å². The molecule has 2 aromatic carbocycles. The van der Waals surface area contributed by atoms with Crippen molar-refractivity contribution in [3.05, 3.63) is 59.9 Å². The van der Waals surface area contributed by atoms with Gasteiger partial charge in [0, 0.05) is 44.3 Å². The number of hydrogen-bond donors (Lipinski definition) is 1. The number of anilines is 2. The predicted molar refractivity (Wildman–Crippen MR) is 115 cm³/mol. The molecule has 2 heterocycles. The van der Waals surface area contributed by atoms with Gasteiger partial charge in [-0.05, 0) is 42.0 Å². The highest BCUT2D eigenvalue weighted by Gasteiger charge is 2.59. The molecule has 2 atom stereocenters. The van der Waals surface area contributed by atoms with Gasteiger partial charge in [-0.2, -0.15) is 0 Å². The van der Waals surface area contributed by atoms with Crippen molar-refractivity contribution in [3.63, 3.8) is 0 Å². The predicted octanol–water partition coefficient (Wildman–Crippen LogP) is 3.02. The van der Waals surface area contributed by atoms with E-state index in [4.69, 9.17) is 4.74 Å². The fourth-order valence-electron chi connectivity index (χ4n) is 4.99. The Labute approximate surface area is 176 Å². The Kier molecular flexibility index (Phi) is 5.44. The summed E-state index contributed by atoms with van der Waals surface area (Å²) < 4.78 is 19.9. The van der Waals surface area contributed by atoms with Gasteiger partial charge >= 0.3 is 0 Å². The van der Waals surface area contributed by atoms with Crippen molar-refractivity contribution < 1.29 is 13.9 Å². The highest BCUT2D eigenvalue weighted by atomic mass is 19.1. The van der Waals surface area contributed by atoms with Gasteiger partial charge in [0.15, 0.2) is 0 Å². The molecule has 0 aromatic heterocycles. The van der Waals surface area contributed by atoms with Crippen molar-refractivity contribution in [2.75, 3.05) is 56.2 Å². The van der Waals surface area contributed by atoms with Crippen LogP contribution in [0.25, 0.3) is 0 Å². The summed E-state index contributed by atoms with van der Waals surface area (Å²) >= 11 is 0. The zero-order chi connectivity index (χ0) is 20.5. The Balaban J connectivity index is 1.11.